The Morgan fingerprint density at radius 1 is 1.30 bits per heavy atom. The smallest absolute Gasteiger partial charge is 0.171 e. The zero-order valence-electron chi connectivity index (χ0n) is 11.6. The first kappa shape index (κ1) is 15.9. The quantitative estimate of drug-likeness (QED) is 0.420. The largest absolute Gasteiger partial charge is 0.299 e. The molecule has 1 saturated carbocycles. The Morgan fingerprint density at radius 2 is 2.00 bits per heavy atom. The molecule has 0 aromatic heterocycles. The molecule has 1 aromatic carbocycles. The summed E-state index contributed by atoms with van der Waals surface area (Å²) in [5.41, 5.74) is 1.64. The molecule has 0 atom stereocenters. The first-order valence-corrected chi connectivity index (χ1v) is 9.48. The van der Waals surface area contributed by atoms with Gasteiger partial charge in [0.05, 0.1) is 6.42 Å². The number of carbonyl (C=O) groups is 2. The van der Waals surface area contributed by atoms with Crippen LogP contribution in [0.1, 0.15) is 35.2 Å². The third-order valence-corrected chi connectivity index (χ3v) is 5.17. The van der Waals surface area contributed by atoms with E-state index >= 15 is 0 Å². The highest BCUT2D eigenvalue weighted by Gasteiger charge is 2.31. The van der Waals surface area contributed by atoms with Crippen molar-refractivity contribution in [3.63, 3.8) is 0 Å². The molecule has 0 spiro atoms. The van der Waals surface area contributed by atoms with E-state index in [1.165, 1.54) is 11.8 Å². The van der Waals surface area contributed by atoms with Gasteiger partial charge in [-0.2, -0.15) is 11.8 Å². The minimum Gasteiger partial charge on any atom is -0.299 e. The Morgan fingerprint density at radius 3 is 2.55 bits per heavy atom. The molecular formula is C15H17ClO2S2. The standard InChI is InChI=1S/C15H17ClO2S2/c1-19-8-11-12(16)6-5-10(15(11)20-2)14(18)7-13(17)9-3-4-9/h5-6,9H,3-4,7-8H2,1-2H3. The normalized spacial score (nSPS) is 14.3. The van der Waals surface area contributed by atoms with Crippen LogP contribution >= 0.6 is 35.1 Å². The first-order chi connectivity index (χ1) is 9.58. The molecule has 0 aliphatic heterocycles. The highest BCUT2D eigenvalue weighted by molar-refractivity contribution is 7.99. The van der Waals surface area contributed by atoms with Gasteiger partial charge in [-0.15, -0.1) is 11.8 Å². The predicted molar refractivity (Wildman–Crippen MR) is 87.1 cm³/mol. The zero-order chi connectivity index (χ0) is 14.7. The van der Waals surface area contributed by atoms with Crippen LogP contribution < -0.4 is 0 Å². The van der Waals surface area contributed by atoms with E-state index in [2.05, 4.69) is 0 Å². The van der Waals surface area contributed by atoms with Gasteiger partial charge in [0.15, 0.2) is 5.78 Å². The van der Waals surface area contributed by atoms with Gasteiger partial charge in [0.2, 0.25) is 0 Å². The summed E-state index contributed by atoms with van der Waals surface area (Å²) in [5.74, 6) is 0.913. The molecule has 0 saturated heterocycles. The van der Waals surface area contributed by atoms with Gasteiger partial charge < -0.3 is 0 Å². The second-order valence-corrected chi connectivity index (χ2v) is 6.97. The summed E-state index contributed by atoms with van der Waals surface area (Å²) in [6, 6.07) is 3.52. The van der Waals surface area contributed by atoms with Crippen molar-refractivity contribution in [2.75, 3.05) is 12.5 Å². The van der Waals surface area contributed by atoms with Gasteiger partial charge in [-0.3, -0.25) is 9.59 Å². The molecule has 5 heteroatoms. The van der Waals surface area contributed by atoms with Crippen molar-refractivity contribution in [3.8, 4) is 0 Å². The van der Waals surface area contributed by atoms with Crippen molar-refractivity contribution in [2.45, 2.75) is 29.9 Å². The molecule has 2 rings (SSSR count). The number of halogens is 1. The number of ketones is 2. The molecular weight excluding hydrogens is 312 g/mol. The molecule has 1 aromatic rings. The maximum atomic E-state index is 12.4. The average molecular weight is 329 g/mol. The van der Waals surface area contributed by atoms with Crippen LogP contribution in [-0.2, 0) is 10.5 Å². The van der Waals surface area contributed by atoms with E-state index in [9.17, 15) is 9.59 Å². The van der Waals surface area contributed by atoms with Crippen LogP contribution in [0.4, 0.5) is 0 Å². The summed E-state index contributed by atoms with van der Waals surface area (Å²) in [4.78, 5) is 25.1. The van der Waals surface area contributed by atoms with Crippen LogP contribution in [0.15, 0.2) is 17.0 Å². The fourth-order valence-corrected chi connectivity index (χ4v) is 4.01. The third-order valence-electron chi connectivity index (χ3n) is 3.36. The van der Waals surface area contributed by atoms with E-state index < -0.39 is 0 Å². The van der Waals surface area contributed by atoms with E-state index in [1.54, 1.807) is 23.9 Å². The lowest BCUT2D eigenvalue weighted by atomic mass is 10.0. The van der Waals surface area contributed by atoms with Gasteiger partial charge >= 0.3 is 0 Å². The number of hydrogen-bond donors (Lipinski definition) is 0. The van der Waals surface area contributed by atoms with E-state index in [0.29, 0.717) is 10.6 Å². The lowest BCUT2D eigenvalue weighted by Gasteiger charge is -2.13. The highest BCUT2D eigenvalue weighted by Crippen LogP contribution is 2.35. The Bertz CT molecular complexity index is 539. The number of Topliss-reactive ketones (excluding diaryl/α,β-unsaturated/α-hetero) is 2. The Kier molecular flexibility index (Phi) is 5.58. The molecule has 0 N–H and O–H groups in total. The monoisotopic (exact) mass is 328 g/mol. The number of thioether (sulfide) groups is 2. The molecule has 1 aliphatic carbocycles. The summed E-state index contributed by atoms with van der Waals surface area (Å²) in [6.07, 6.45) is 5.86. The van der Waals surface area contributed by atoms with Gasteiger partial charge in [-0.25, -0.2) is 0 Å². The summed E-state index contributed by atoms with van der Waals surface area (Å²) in [5, 5.41) is 0.689. The Balaban J connectivity index is 2.27. The second kappa shape index (κ2) is 7.01. The van der Waals surface area contributed by atoms with Crippen molar-refractivity contribution in [1.29, 1.82) is 0 Å². The Labute approximate surface area is 133 Å². The minimum absolute atomic E-state index is 0.0264. The molecule has 20 heavy (non-hydrogen) atoms. The Hall–Kier alpha value is -0.450. The third kappa shape index (κ3) is 3.60. The molecule has 0 heterocycles. The highest BCUT2D eigenvalue weighted by atomic mass is 35.5. The number of hydrogen-bond acceptors (Lipinski definition) is 4. The first-order valence-electron chi connectivity index (χ1n) is 6.48. The molecule has 108 valence electrons. The minimum atomic E-state index is -0.0785. The number of carbonyl (C=O) groups excluding carboxylic acids is 2. The molecule has 0 bridgehead atoms. The zero-order valence-corrected chi connectivity index (χ0v) is 14.0. The fraction of sp³-hybridized carbons (Fsp3) is 0.467. The summed E-state index contributed by atoms with van der Waals surface area (Å²) in [6.45, 7) is 0. The van der Waals surface area contributed by atoms with Gasteiger partial charge in [-0.1, -0.05) is 11.6 Å². The van der Waals surface area contributed by atoms with Crippen LogP contribution in [0.3, 0.4) is 0 Å². The summed E-state index contributed by atoms with van der Waals surface area (Å²) in [7, 11) is 0. The van der Waals surface area contributed by atoms with E-state index in [1.807, 2.05) is 12.5 Å². The maximum Gasteiger partial charge on any atom is 0.171 e. The lowest BCUT2D eigenvalue weighted by molar-refractivity contribution is -0.119. The molecule has 1 aliphatic rings. The maximum absolute atomic E-state index is 12.4. The predicted octanol–water partition coefficient (Wildman–Crippen LogP) is 4.48. The molecule has 2 nitrogen and oxygen atoms in total. The molecule has 0 amide bonds. The van der Waals surface area contributed by atoms with Crippen molar-refractivity contribution in [2.24, 2.45) is 5.92 Å². The van der Waals surface area contributed by atoms with Crippen molar-refractivity contribution in [1.82, 2.24) is 0 Å². The SMILES string of the molecule is CSCc1c(Cl)ccc(C(=O)CC(=O)C2CC2)c1SC. The van der Waals surface area contributed by atoms with E-state index in [0.717, 1.165) is 29.1 Å². The average Bonchev–Trinajstić information content (AvgIpc) is 3.25. The molecule has 0 unspecified atom stereocenters. The van der Waals surface area contributed by atoms with Crippen LogP contribution in [0.5, 0.6) is 0 Å². The van der Waals surface area contributed by atoms with Crippen LogP contribution in [0.2, 0.25) is 5.02 Å². The summed E-state index contributed by atoms with van der Waals surface area (Å²) >= 11 is 9.42. The van der Waals surface area contributed by atoms with Crippen LogP contribution in [-0.4, -0.2) is 24.1 Å². The van der Waals surface area contributed by atoms with Crippen molar-refractivity contribution < 1.29 is 9.59 Å². The fourth-order valence-electron chi connectivity index (χ4n) is 2.14. The van der Waals surface area contributed by atoms with Gasteiger partial charge in [-0.05, 0) is 43.0 Å². The lowest BCUT2D eigenvalue weighted by Crippen LogP contribution is -2.11. The molecule has 0 radical (unpaired) electrons. The van der Waals surface area contributed by atoms with Crippen molar-refractivity contribution >= 4 is 46.7 Å². The van der Waals surface area contributed by atoms with E-state index in [-0.39, 0.29) is 23.9 Å². The topological polar surface area (TPSA) is 34.1 Å². The van der Waals surface area contributed by atoms with Crippen molar-refractivity contribution in [3.05, 3.63) is 28.3 Å². The van der Waals surface area contributed by atoms with Gasteiger partial charge in [0, 0.05) is 27.2 Å². The summed E-state index contributed by atoms with van der Waals surface area (Å²) < 4.78 is 0. The van der Waals surface area contributed by atoms with Crippen LogP contribution in [0.25, 0.3) is 0 Å². The van der Waals surface area contributed by atoms with E-state index in [4.69, 9.17) is 11.6 Å². The van der Waals surface area contributed by atoms with Crippen LogP contribution in [0, 0.1) is 5.92 Å². The number of benzene rings is 1. The molecule has 1 fully saturated rings. The second-order valence-electron chi connectivity index (χ2n) is 4.88. The van der Waals surface area contributed by atoms with Gasteiger partial charge in [0.1, 0.15) is 5.78 Å². The number of rotatable bonds is 7. The van der Waals surface area contributed by atoms with Gasteiger partial charge in [0.25, 0.3) is 0 Å².